The summed E-state index contributed by atoms with van der Waals surface area (Å²) in [6.45, 7) is -23.0. The Morgan fingerprint density at radius 1 is 0.298 bits per heavy atom. The second-order valence-electron chi connectivity index (χ2n) is 29.1. The molecule has 0 aromatic rings. The van der Waals surface area contributed by atoms with Gasteiger partial charge in [0.25, 0.3) is 35.4 Å². The van der Waals surface area contributed by atoms with Crippen molar-refractivity contribution in [2.45, 2.75) is 184 Å². The zero-order valence-corrected chi connectivity index (χ0v) is 64.5. The average molecular weight is 1770 g/mol. The minimum atomic E-state index is -2.84. The van der Waals surface area contributed by atoms with E-state index >= 15 is 0 Å². The number of aliphatic hydroxyl groups is 30. The zero-order chi connectivity index (χ0) is 93.4. The molecule has 1 fully saturated rings. The summed E-state index contributed by atoms with van der Waals surface area (Å²) in [6.07, 6.45) is -64.5. The van der Waals surface area contributed by atoms with E-state index in [1.807, 2.05) is 31.9 Å². The molecule has 1 rings (SSSR count). The first-order chi connectivity index (χ1) is 56.1. The lowest BCUT2D eigenvalue weighted by Gasteiger charge is -2.44. The van der Waals surface area contributed by atoms with Crippen LogP contribution in [0.5, 0.6) is 0 Å². The number of nitrogens with zero attached hydrogens (tertiary/aromatic N) is 3. The fourth-order valence-corrected chi connectivity index (χ4v) is 11.7. The third kappa shape index (κ3) is 33.7. The van der Waals surface area contributed by atoms with Crippen LogP contribution >= 0.6 is 0 Å². The van der Waals surface area contributed by atoms with E-state index in [9.17, 15) is 231 Å². The molecule has 121 heavy (non-hydrogen) atoms. The van der Waals surface area contributed by atoms with Gasteiger partial charge in [0.2, 0.25) is 11.8 Å². The molecule has 0 aliphatic carbocycles. The van der Waals surface area contributed by atoms with Crippen molar-refractivity contribution in [3.63, 3.8) is 0 Å². The van der Waals surface area contributed by atoms with Gasteiger partial charge >= 0.3 is 23.9 Å². The van der Waals surface area contributed by atoms with E-state index in [0.717, 1.165) is 16.7 Å². The van der Waals surface area contributed by atoms with E-state index in [1.165, 1.54) is 0 Å². The van der Waals surface area contributed by atoms with E-state index in [-0.39, 0.29) is 0 Å². The van der Waals surface area contributed by atoms with Gasteiger partial charge in [-0.1, -0.05) is 0 Å². The number of aliphatic hydroxyl groups excluding tert-OH is 30. The highest BCUT2D eigenvalue weighted by atomic mass is 16.5. The van der Waals surface area contributed by atoms with E-state index < -0.39 is 390 Å². The molecule has 0 saturated carbocycles. The Kier molecular flexibility index (Phi) is 48.0. The zero-order valence-electron chi connectivity index (χ0n) is 64.5. The van der Waals surface area contributed by atoms with Crippen LogP contribution in [0.25, 0.3) is 0 Å². The highest BCUT2D eigenvalue weighted by Crippen LogP contribution is 2.28. The molecule has 0 aromatic carbocycles. The van der Waals surface area contributed by atoms with Gasteiger partial charge in [-0.15, -0.1) is 0 Å². The molecule has 1 saturated heterocycles. The molecule has 57 heteroatoms. The summed E-state index contributed by atoms with van der Waals surface area (Å²) in [7, 11) is 0. The Hall–Kier alpha value is -7.68. The highest BCUT2D eigenvalue weighted by Gasteiger charge is 2.49. The maximum atomic E-state index is 14.5. The summed E-state index contributed by atoms with van der Waals surface area (Å²) in [5.74, 6) is -21.3. The fourth-order valence-electron chi connectivity index (χ4n) is 11.7. The molecule has 42 N–H and O–H groups in total. The van der Waals surface area contributed by atoms with Crippen molar-refractivity contribution in [3.05, 3.63) is 0 Å². The molecule has 702 valence electrons. The highest BCUT2D eigenvalue weighted by molar-refractivity contribution is 5.87. The van der Waals surface area contributed by atoms with E-state index in [4.69, 9.17) is 0 Å². The maximum absolute atomic E-state index is 14.5. The summed E-state index contributed by atoms with van der Waals surface area (Å²) in [5, 5.41) is 363. The average Bonchev–Trinajstić information content (AvgIpc) is 1.67. The fraction of sp³-hybridized carbons (Fsp3) is 0.812. The van der Waals surface area contributed by atoms with Crippen molar-refractivity contribution < 1.29 is 231 Å². The number of aliphatic carboxylic acids is 4. The molecular weight excluding hydrogens is 1660 g/mol. The largest absolute Gasteiger partial charge is 0.480 e. The van der Waals surface area contributed by atoms with E-state index in [0.29, 0.717) is 4.90 Å². The van der Waals surface area contributed by atoms with Gasteiger partial charge in [-0.2, -0.15) is 0 Å². The number of rotatable bonds is 59. The Labute approximate surface area is 683 Å². The maximum Gasteiger partial charge on any atom is 0.321 e. The lowest BCUT2D eigenvalue weighted by atomic mass is 9.86. The van der Waals surface area contributed by atoms with Crippen molar-refractivity contribution in [1.82, 2.24) is 57.2 Å². The quantitative estimate of drug-likeness (QED) is 0.0269. The summed E-state index contributed by atoms with van der Waals surface area (Å²) in [4.78, 5) is 165. The smallest absolute Gasteiger partial charge is 0.321 e. The molecule has 1 heterocycles. The summed E-state index contributed by atoms with van der Waals surface area (Å²) >= 11 is 0. The van der Waals surface area contributed by atoms with E-state index in [1.54, 1.807) is 0 Å². The van der Waals surface area contributed by atoms with Crippen LogP contribution in [0.15, 0.2) is 0 Å². The molecule has 0 aromatic heterocycles. The lowest BCUT2D eigenvalue weighted by molar-refractivity contribution is -0.151. The molecule has 8 amide bonds. The molecule has 57 nitrogen and oxygen atoms in total. The Bertz CT molecular complexity index is 2880. The number of hydrogen-bond donors (Lipinski definition) is 42. The van der Waals surface area contributed by atoms with Crippen molar-refractivity contribution in [3.8, 4) is 0 Å². The van der Waals surface area contributed by atoms with Crippen molar-refractivity contribution in [1.29, 1.82) is 0 Å². The first kappa shape index (κ1) is 111. The van der Waals surface area contributed by atoms with Crippen LogP contribution in [0, 0.1) is 10.8 Å². The molecule has 26 unspecified atom stereocenters. The third-order valence-electron chi connectivity index (χ3n) is 19.7. The van der Waals surface area contributed by atoms with Gasteiger partial charge in [0.05, 0.1) is 65.6 Å². The molecule has 0 bridgehead atoms. The van der Waals surface area contributed by atoms with Gasteiger partial charge < -0.3 is 216 Å². The summed E-state index contributed by atoms with van der Waals surface area (Å²) in [6, 6.07) is -4.63. The Balaban J connectivity index is 4.40. The first-order valence-electron chi connectivity index (χ1n) is 36.4. The number of nitrogens with one attached hydrogen (secondary N) is 8. The molecular formula is C64H115N11O46. The van der Waals surface area contributed by atoms with Crippen LogP contribution in [0.3, 0.4) is 0 Å². The number of carboxylic acids is 4. The normalized spacial score (nSPS) is 21.8. The molecule has 0 radical (unpaired) electrons. The second-order valence-corrected chi connectivity index (χ2v) is 29.1. The number of carbonyl (C=O) groups excluding carboxylic acids is 8. The molecule has 26 atom stereocenters. The Morgan fingerprint density at radius 2 is 0.471 bits per heavy atom. The molecule has 1 aliphatic rings. The summed E-state index contributed by atoms with van der Waals surface area (Å²) < 4.78 is 0. The first-order valence-corrected chi connectivity index (χ1v) is 36.4. The third-order valence-corrected chi connectivity index (χ3v) is 19.7. The number of amides is 8. The molecule has 1 aliphatic heterocycles. The van der Waals surface area contributed by atoms with Gasteiger partial charge in [-0.05, 0) is 6.92 Å². The predicted octanol–water partition coefficient (Wildman–Crippen LogP) is -27.0. The van der Waals surface area contributed by atoms with Crippen LogP contribution in [-0.4, -0.2) is 555 Å². The SMILES string of the molecule is CC1(N(CC(=O)O)CC(=O)O)CN(C(CC(=O)NCC(CNC(=O)C(O)C(O)C(O)C(O)CO)(CNC(=O)C(O)C(O)C(O)C(O)CO)CNC(=O)C(O)C(O)C(O)C(O)CO)C(=O)O)CCN(C(CC(=O)NCC(CNC(=O)C(O)C(O)C(O)C(O)CO)(CNC(=O)C(O)C(O)C(O)C(O)CO)CNC(=O)C(O)C(O)C(O)C(O)CO)C(=O)O)C1. The monoisotopic (exact) mass is 1770 g/mol. The lowest BCUT2D eigenvalue weighted by Crippen LogP contribution is -2.62. The molecule has 0 spiro atoms. The van der Waals surface area contributed by atoms with Crippen molar-refractivity contribution in [2.75, 3.05) is 131 Å². The van der Waals surface area contributed by atoms with Crippen molar-refractivity contribution in [2.24, 2.45) is 10.8 Å². The number of carboxylic acid groups (broad SMARTS) is 4. The number of hydrogen-bond acceptors (Lipinski definition) is 45. The van der Waals surface area contributed by atoms with Crippen molar-refractivity contribution >= 4 is 71.1 Å². The van der Waals surface area contributed by atoms with Gasteiger partial charge in [-0.3, -0.25) is 72.2 Å². The predicted molar refractivity (Wildman–Crippen MR) is 386 cm³/mol. The van der Waals surface area contributed by atoms with Crippen LogP contribution in [0.1, 0.15) is 19.8 Å². The number of carbonyl (C=O) groups is 12. The van der Waals surface area contributed by atoms with E-state index in [2.05, 4.69) is 10.6 Å². The van der Waals surface area contributed by atoms with Crippen LogP contribution in [-0.2, 0) is 57.5 Å². The summed E-state index contributed by atoms with van der Waals surface area (Å²) in [5.41, 5.74) is -7.28. The van der Waals surface area contributed by atoms with Gasteiger partial charge in [0, 0.05) is 94.9 Å². The van der Waals surface area contributed by atoms with Gasteiger partial charge in [0.1, 0.15) is 122 Å². The minimum Gasteiger partial charge on any atom is -0.480 e. The van der Waals surface area contributed by atoms with Crippen LogP contribution in [0.4, 0.5) is 0 Å². The van der Waals surface area contributed by atoms with Crippen LogP contribution < -0.4 is 42.5 Å². The van der Waals surface area contributed by atoms with Gasteiger partial charge in [0.15, 0.2) is 36.6 Å². The van der Waals surface area contributed by atoms with Crippen LogP contribution in [0.2, 0.25) is 0 Å². The van der Waals surface area contributed by atoms with Gasteiger partial charge in [-0.25, -0.2) is 0 Å². The topological polar surface area (TPSA) is 999 Å². The standard InChI is InChI=1S/C64H115N11O46/c1-62(75(6-34(90)91)7-35(92)93)22-73(24(60(118)119)4-32(88)65-14-63(16-67-54(112)48(106)42(100)36(94)26(82)8-76,17-68-55(113)49(107)43(101)37(95)27(83)9-77)18-69-56(114)50(108)44(102)38(96)28(84)10-78)2-3-74(23-62)25(61(120)121)5-33(89)66-15-64(19-70-57(115)51(109)45(103)39(97)29(85)11-79,20-71-58(116)52(110)46(104)40(98)30(86)12-80)21-72-59(117)53(111)47(105)41(99)31(87)13-81/h24-31,36-53,76-87,94-111H,2-23H2,1H3,(H,65,88)(H,66,89)(H,67,112)(H,68,113)(H,69,114)(H,70,115)(H,71,116)(H,72,117)(H,90,91)(H,92,93)(H,118,119)(H,120,121). The second kappa shape index (κ2) is 52.2. The Morgan fingerprint density at radius 3 is 0.628 bits per heavy atom. The minimum absolute atomic E-state index is 0.655.